The molecular weight excluding hydrogens is 248 g/mol. The van der Waals surface area contributed by atoms with Gasteiger partial charge in [0.05, 0.1) is 31.0 Å². The van der Waals surface area contributed by atoms with Crippen molar-refractivity contribution >= 4 is 11.0 Å². The molecule has 0 aliphatic carbocycles. The molecule has 3 atom stereocenters. The van der Waals surface area contributed by atoms with Crippen molar-refractivity contribution in [2.75, 3.05) is 19.7 Å². The maximum absolute atomic E-state index is 11.6. The molecule has 0 radical (unpaired) electrons. The van der Waals surface area contributed by atoms with Crippen LogP contribution in [0.1, 0.15) is 5.56 Å². The average Bonchev–Trinajstić information content (AvgIpc) is 2.95. The zero-order valence-electron chi connectivity index (χ0n) is 10.4. The summed E-state index contributed by atoms with van der Waals surface area (Å²) >= 11 is 0. The van der Waals surface area contributed by atoms with E-state index in [-0.39, 0.29) is 18.1 Å². The first-order chi connectivity index (χ1) is 9.19. The van der Waals surface area contributed by atoms with E-state index in [0.717, 1.165) is 12.1 Å². The summed E-state index contributed by atoms with van der Waals surface area (Å²) in [6, 6.07) is 0. The molecule has 0 spiro atoms. The standard InChI is InChI=1S/C12H16N4O3/c17-5-8-3-16(4-9(8)18)2-7-1-13-11-10(7)14-6-15-12(11)19/h1,6,8-9,13,17-18H,2-5H2,(H,14,15,19)/p+1/t8-,9+/m0/s1. The third-order valence-corrected chi connectivity index (χ3v) is 3.82. The number of aromatic nitrogens is 3. The van der Waals surface area contributed by atoms with E-state index in [1.165, 1.54) is 11.2 Å². The van der Waals surface area contributed by atoms with Gasteiger partial charge in [0.2, 0.25) is 0 Å². The number of fused-ring (bicyclic) bond motifs is 1. The van der Waals surface area contributed by atoms with Crippen molar-refractivity contribution in [1.29, 1.82) is 0 Å². The number of rotatable bonds is 3. The van der Waals surface area contributed by atoms with Gasteiger partial charge in [0, 0.05) is 6.20 Å². The average molecular weight is 265 g/mol. The van der Waals surface area contributed by atoms with Gasteiger partial charge in [-0.1, -0.05) is 0 Å². The molecule has 2 aromatic rings. The molecule has 3 heterocycles. The van der Waals surface area contributed by atoms with Crippen LogP contribution in [0, 0.1) is 5.92 Å². The van der Waals surface area contributed by atoms with Crippen molar-refractivity contribution in [3.8, 4) is 0 Å². The van der Waals surface area contributed by atoms with Crippen molar-refractivity contribution < 1.29 is 15.1 Å². The largest absolute Gasteiger partial charge is 0.396 e. The molecule has 19 heavy (non-hydrogen) atoms. The number of nitrogens with one attached hydrogen (secondary N) is 3. The Hall–Kier alpha value is -1.70. The monoisotopic (exact) mass is 265 g/mol. The van der Waals surface area contributed by atoms with Gasteiger partial charge >= 0.3 is 0 Å². The second-order valence-electron chi connectivity index (χ2n) is 5.11. The molecule has 0 amide bonds. The number of hydrogen-bond donors (Lipinski definition) is 5. The van der Waals surface area contributed by atoms with Crippen molar-refractivity contribution in [1.82, 2.24) is 15.0 Å². The molecule has 0 saturated carbocycles. The summed E-state index contributed by atoms with van der Waals surface area (Å²) in [4.78, 5) is 22.4. The predicted octanol–water partition coefficient (Wildman–Crippen LogP) is -2.38. The highest BCUT2D eigenvalue weighted by Gasteiger charge is 2.34. The normalized spacial score (nSPS) is 27.2. The number of quaternary nitrogens is 1. The van der Waals surface area contributed by atoms with Crippen LogP contribution in [0.2, 0.25) is 0 Å². The third-order valence-electron chi connectivity index (χ3n) is 3.82. The number of aromatic amines is 2. The van der Waals surface area contributed by atoms with Crippen LogP contribution in [0.3, 0.4) is 0 Å². The van der Waals surface area contributed by atoms with E-state index in [0.29, 0.717) is 24.1 Å². The van der Waals surface area contributed by atoms with Gasteiger partial charge in [-0.25, -0.2) is 4.98 Å². The van der Waals surface area contributed by atoms with E-state index < -0.39 is 6.10 Å². The molecule has 102 valence electrons. The Morgan fingerprint density at radius 3 is 3.00 bits per heavy atom. The van der Waals surface area contributed by atoms with Gasteiger partial charge in [-0.15, -0.1) is 0 Å². The molecule has 2 aromatic heterocycles. The maximum atomic E-state index is 11.6. The van der Waals surface area contributed by atoms with Gasteiger partial charge < -0.3 is 25.1 Å². The number of hydrogen-bond acceptors (Lipinski definition) is 4. The minimum atomic E-state index is -0.457. The van der Waals surface area contributed by atoms with Gasteiger partial charge in [0.1, 0.15) is 30.2 Å². The van der Waals surface area contributed by atoms with E-state index in [2.05, 4.69) is 15.0 Å². The molecule has 1 aliphatic rings. The number of likely N-dealkylation sites (tertiary alicyclic amines) is 1. The molecular formula is C12H17N4O3+. The fraction of sp³-hybridized carbons (Fsp3) is 0.500. The Kier molecular flexibility index (Phi) is 3.09. The van der Waals surface area contributed by atoms with E-state index in [4.69, 9.17) is 5.11 Å². The minimum Gasteiger partial charge on any atom is -0.396 e. The van der Waals surface area contributed by atoms with E-state index in [1.54, 1.807) is 6.20 Å². The first-order valence-electron chi connectivity index (χ1n) is 6.35. The summed E-state index contributed by atoms with van der Waals surface area (Å²) in [5.74, 6) is -0.0587. The minimum absolute atomic E-state index is 0.0104. The molecule has 1 unspecified atom stereocenters. The number of nitrogens with zero attached hydrogens (tertiary/aromatic N) is 1. The van der Waals surface area contributed by atoms with E-state index in [1.807, 2.05) is 0 Å². The molecule has 1 fully saturated rings. The molecule has 1 saturated heterocycles. The summed E-state index contributed by atoms with van der Waals surface area (Å²) in [7, 11) is 0. The smallest absolute Gasteiger partial charge is 0.275 e. The predicted molar refractivity (Wildman–Crippen MR) is 67.7 cm³/mol. The lowest BCUT2D eigenvalue weighted by Crippen LogP contribution is -3.09. The van der Waals surface area contributed by atoms with Crippen LogP contribution >= 0.6 is 0 Å². The van der Waals surface area contributed by atoms with E-state index >= 15 is 0 Å². The Balaban J connectivity index is 1.83. The SMILES string of the molecule is O=c1[nH]cnc2c(C[NH+]3C[C@@H](CO)[C@H](O)C3)c[nH]c12. The zero-order chi connectivity index (χ0) is 13.4. The molecule has 7 heteroatoms. The zero-order valence-corrected chi connectivity index (χ0v) is 10.4. The Morgan fingerprint density at radius 1 is 1.42 bits per heavy atom. The first kappa shape index (κ1) is 12.3. The molecule has 7 nitrogen and oxygen atoms in total. The Bertz CT molecular complexity index is 635. The maximum Gasteiger partial charge on any atom is 0.275 e. The second-order valence-corrected chi connectivity index (χ2v) is 5.11. The van der Waals surface area contributed by atoms with Gasteiger partial charge in [0.25, 0.3) is 5.56 Å². The number of H-pyrrole nitrogens is 2. The molecule has 0 aromatic carbocycles. The van der Waals surface area contributed by atoms with Crippen LogP contribution in [0.25, 0.3) is 11.0 Å². The topological polar surface area (TPSA) is 106 Å². The fourth-order valence-electron chi connectivity index (χ4n) is 2.79. The van der Waals surface area contributed by atoms with Crippen LogP contribution in [-0.4, -0.2) is 51.0 Å². The van der Waals surface area contributed by atoms with Crippen LogP contribution in [0.15, 0.2) is 17.3 Å². The fourth-order valence-corrected chi connectivity index (χ4v) is 2.79. The highest BCUT2D eigenvalue weighted by Crippen LogP contribution is 2.11. The molecule has 5 N–H and O–H groups in total. The summed E-state index contributed by atoms with van der Waals surface area (Å²) in [5, 5.41) is 18.9. The third kappa shape index (κ3) is 2.16. The molecule has 0 bridgehead atoms. The van der Waals surface area contributed by atoms with E-state index in [9.17, 15) is 9.90 Å². The second kappa shape index (κ2) is 4.76. The molecule has 3 rings (SSSR count). The van der Waals surface area contributed by atoms with Crippen LogP contribution in [0.4, 0.5) is 0 Å². The van der Waals surface area contributed by atoms with Gasteiger partial charge in [-0.3, -0.25) is 4.79 Å². The van der Waals surface area contributed by atoms with Gasteiger partial charge in [-0.2, -0.15) is 0 Å². The summed E-state index contributed by atoms with van der Waals surface area (Å²) in [5.41, 5.74) is 1.94. The quantitative estimate of drug-likeness (QED) is 0.427. The lowest BCUT2D eigenvalue weighted by atomic mass is 10.1. The van der Waals surface area contributed by atoms with Crippen LogP contribution < -0.4 is 10.5 Å². The Morgan fingerprint density at radius 2 is 2.26 bits per heavy atom. The highest BCUT2D eigenvalue weighted by molar-refractivity contribution is 5.77. The van der Waals surface area contributed by atoms with Crippen LogP contribution in [-0.2, 0) is 6.54 Å². The summed E-state index contributed by atoms with van der Waals surface area (Å²) in [6.07, 6.45) is 2.73. The van der Waals surface area contributed by atoms with Crippen molar-refractivity contribution in [2.24, 2.45) is 5.92 Å². The Labute approximate surface area is 108 Å². The van der Waals surface area contributed by atoms with Gasteiger partial charge in [-0.05, 0) is 0 Å². The lowest BCUT2D eigenvalue weighted by Gasteiger charge is -2.11. The lowest BCUT2D eigenvalue weighted by molar-refractivity contribution is -0.904. The summed E-state index contributed by atoms with van der Waals surface area (Å²) < 4.78 is 0. The first-order valence-corrected chi connectivity index (χ1v) is 6.35. The van der Waals surface area contributed by atoms with Gasteiger partial charge in [0.15, 0.2) is 0 Å². The molecule has 1 aliphatic heterocycles. The number of aliphatic hydroxyl groups is 2. The van der Waals surface area contributed by atoms with Crippen LogP contribution in [0.5, 0.6) is 0 Å². The summed E-state index contributed by atoms with van der Waals surface area (Å²) in [6.45, 7) is 2.04. The van der Waals surface area contributed by atoms with Crippen molar-refractivity contribution in [2.45, 2.75) is 12.6 Å². The van der Waals surface area contributed by atoms with Crippen molar-refractivity contribution in [3.63, 3.8) is 0 Å². The number of aliphatic hydroxyl groups excluding tert-OH is 2. The highest BCUT2D eigenvalue weighted by atomic mass is 16.3. The van der Waals surface area contributed by atoms with Crippen molar-refractivity contribution in [3.05, 3.63) is 28.4 Å².